The Hall–Kier alpha value is -1.60. The molecule has 7 heteroatoms. The van der Waals surface area contributed by atoms with Gasteiger partial charge in [-0.2, -0.15) is 0 Å². The Bertz CT molecular complexity index is 654. The van der Waals surface area contributed by atoms with E-state index < -0.39 is 10.0 Å². The van der Waals surface area contributed by atoms with Crippen LogP contribution in [0.1, 0.15) is 45.0 Å². The number of nitrogens with one attached hydrogen (secondary N) is 2. The Morgan fingerprint density at radius 2 is 1.74 bits per heavy atom. The summed E-state index contributed by atoms with van der Waals surface area (Å²) in [7, 11) is -2.26. The Kier molecular flexibility index (Phi) is 6.58. The molecular formula is C16H26N2O4S. The zero-order chi connectivity index (χ0) is 17.8. The van der Waals surface area contributed by atoms with E-state index in [1.54, 1.807) is 6.92 Å². The minimum absolute atomic E-state index is 0.0414. The first-order valence-corrected chi connectivity index (χ1v) is 9.08. The minimum Gasteiger partial charge on any atom is -0.496 e. The zero-order valence-electron chi connectivity index (χ0n) is 14.5. The van der Waals surface area contributed by atoms with Gasteiger partial charge >= 0.3 is 0 Å². The highest BCUT2D eigenvalue weighted by molar-refractivity contribution is 7.89. The molecule has 0 bridgehead atoms. The van der Waals surface area contributed by atoms with Crippen LogP contribution in [0.4, 0.5) is 0 Å². The van der Waals surface area contributed by atoms with Crippen LogP contribution in [0.5, 0.6) is 5.75 Å². The van der Waals surface area contributed by atoms with Crippen molar-refractivity contribution in [3.05, 3.63) is 23.8 Å². The Labute approximate surface area is 138 Å². The number of amides is 1. The van der Waals surface area contributed by atoms with Crippen LogP contribution in [0.15, 0.2) is 23.1 Å². The van der Waals surface area contributed by atoms with E-state index in [0.29, 0.717) is 5.75 Å². The van der Waals surface area contributed by atoms with Crippen molar-refractivity contribution in [1.82, 2.24) is 10.0 Å². The lowest BCUT2D eigenvalue weighted by atomic mass is 10.1. The highest BCUT2D eigenvalue weighted by Crippen LogP contribution is 2.23. The van der Waals surface area contributed by atoms with Crippen LogP contribution in [0.2, 0.25) is 0 Å². The van der Waals surface area contributed by atoms with Crippen LogP contribution in [0, 0.1) is 5.92 Å². The van der Waals surface area contributed by atoms with Crippen LogP contribution < -0.4 is 14.8 Å². The van der Waals surface area contributed by atoms with Gasteiger partial charge in [-0.1, -0.05) is 13.8 Å². The first-order valence-electron chi connectivity index (χ1n) is 7.59. The Balaban J connectivity index is 3.21. The number of ether oxygens (including phenoxy) is 1. The Morgan fingerprint density at radius 3 is 2.22 bits per heavy atom. The standard InChI is InChI=1S/C16H26N2O4S/c1-10(2)12(5)18-23(20,21)13-7-8-15(22-6)14(9-13)16(19)17-11(3)4/h7-12,18H,1-6H3,(H,17,19)/t12-/m0/s1. The van der Waals surface area contributed by atoms with Crippen molar-refractivity contribution < 1.29 is 17.9 Å². The molecule has 0 saturated heterocycles. The number of carbonyl (C=O) groups is 1. The normalized spacial score (nSPS) is 13.2. The summed E-state index contributed by atoms with van der Waals surface area (Å²) >= 11 is 0. The molecule has 0 fully saturated rings. The predicted octanol–water partition coefficient (Wildman–Crippen LogP) is 2.16. The molecule has 130 valence electrons. The fourth-order valence-electron chi connectivity index (χ4n) is 1.82. The second kappa shape index (κ2) is 7.79. The quantitative estimate of drug-likeness (QED) is 0.795. The first kappa shape index (κ1) is 19.4. The largest absolute Gasteiger partial charge is 0.496 e. The van der Waals surface area contributed by atoms with E-state index in [-0.39, 0.29) is 34.4 Å². The van der Waals surface area contributed by atoms with Crippen molar-refractivity contribution in [2.24, 2.45) is 5.92 Å². The average Bonchev–Trinajstić information content (AvgIpc) is 2.45. The molecule has 0 aliphatic heterocycles. The Morgan fingerprint density at radius 1 is 1.13 bits per heavy atom. The summed E-state index contributed by atoms with van der Waals surface area (Å²) in [5.41, 5.74) is 0.196. The van der Waals surface area contributed by atoms with E-state index in [0.717, 1.165) is 0 Å². The van der Waals surface area contributed by atoms with Crippen LogP contribution in [-0.2, 0) is 10.0 Å². The molecule has 0 aromatic heterocycles. The molecule has 0 heterocycles. The molecule has 1 amide bonds. The third-order valence-electron chi connectivity index (χ3n) is 3.49. The summed E-state index contributed by atoms with van der Waals surface area (Å²) in [6, 6.07) is 3.98. The lowest BCUT2D eigenvalue weighted by molar-refractivity contribution is 0.0940. The molecule has 0 radical (unpaired) electrons. The van der Waals surface area contributed by atoms with Crippen molar-refractivity contribution in [1.29, 1.82) is 0 Å². The van der Waals surface area contributed by atoms with Gasteiger partial charge in [0.05, 0.1) is 17.6 Å². The molecule has 0 saturated carbocycles. The van der Waals surface area contributed by atoms with E-state index >= 15 is 0 Å². The molecule has 0 spiro atoms. The second-order valence-corrected chi connectivity index (χ2v) is 7.86. The molecule has 0 aliphatic rings. The highest BCUT2D eigenvalue weighted by Gasteiger charge is 2.22. The SMILES string of the molecule is COc1ccc(S(=O)(=O)N[C@@H](C)C(C)C)cc1C(=O)NC(C)C. The maximum absolute atomic E-state index is 12.5. The fourth-order valence-corrected chi connectivity index (χ4v) is 3.24. The summed E-state index contributed by atoms with van der Waals surface area (Å²) in [6.07, 6.45) is 0. The van der Waals surface area contributed by atoms with Gasteiger partial charge in [0.15, 0.2) is 0 Å². The predicted molar refractivity (Wildman–Crippen MR) is 90.2 cm³/mol. The van der Waals surface area contributed by atoms with Gasteiger partial charge in [-0.05, 0) is 44.9 Å². The molecule has 1 rings (SSSR count). The molecule has 1 aromatic rings. The van der Waals surface area contributed by atoms with E-state index in [9.17, 15) is 13.2 Å². The van der Waals surface area contributed by atoms with Crippen LogP contribution in [-0.4, -0.2) is 33.5 Å². The number of benzene rings is 1. The van der Waals surface area contributed by atoms with Crippen molar-refractivity contribution in [3.63, 3.8) is 0 Å². The summed E-state index contributed by atoms with van der Waals surface area (Å²) in [4.78, 5) is 12.3. The number of carbonyl (C=O) groups excluding carboxylic acids is 1. The molecule has 1 atom stereocenters. The smallest absolute Gasteiger partial charge is 0.255 e. The van der Waals surface area contributed by atoms with Crippen molar-refractivity contribution >= 4 is 15.9 Å². The van der Waals surface area contributed by atoms with Gasteiger partial charge in [0.1, 0.15) is 5.75 Å². The van der Waals surface area contributed by atoms with Gasteiger partial charge in [-0.15, -0.1) is 0 Å². The van der Waals surface area contributed by atoms with Gasteiger partial charge in [0.2, 0.25) is 10.0 Å². The van der Waals surface area contributed by atoms with Gasteiger partial charge in [0, 0.05) is 12.1 Å². The van der Waals surface area contributed by atoms with Crippen LogP contribution in [0.3, 0.4) is 0 Å². The van der Waals surface area contributed by atoms with Crippen LogP contribution in [0.25, 0.3) is 0 Å². The van der Waals surface area contributed by atoms with E-state index in [1.807, 2.05) is 27.7 Å². The number of hydrogen-bond donors (Lipinski definition) is 2. The van der Waals surface area contributed by atoms with Gasteiger partial charge in [-0.25, -0.2) is 13.1 Å². The lowest BCUT2D eigenvalue weighted by Gasteiger charge is -2.18. The molecular weight excluding hydrogens is 316 g/mol. The maximum Gasteiger partial charge on any atom is 0.255 e. The summed E-state index contributed by atoms with van der Waals surface area (Å²) in [5, 5.41) is 2.74. The number of hydrogen-bond acceptors (Lipinski definition) is 4. The van der Waals surface area contributed by atoms with Gasteiger partial charge in [-0.3, -0.25) is 4.79 Å². The molecule has 0 unspecified atom stereocenters. The molecule has 0 aliphatic carbocycles. The molecule has 6 nitrogen and oxygen atoms in total. The maximum atomic E-state index is 12.5. The number of methoxy groups -OCH3 is 1. The van der Waals surface area contributed by atoms with Crippen LogP contribution >= 0.6 is 0 Å². The second-order valence-electron chi connectivity index (χ2n) is 6.14. The van der Waals surface area contributed by atoms with Crippen molar-refractivity contribution in [2.75, 3.05) is 7.11 Å². The van der Waals surface area contributed by atoms with E-state index in [1.165, 1.54) is 25.3 Å². The summed E-state index contributed by atoms with van der Waals surface area (Å²) in [6.45, 7) is 9.33. The summed E-state index contributed by atoms with van der Waals surface area (Å²) < 4.78 is 32.7. The molecule has 2 N–H and O–H groups in total. The van der Waals surface area contributed by atoms with E-state index in [2.05, 4.69) is 10.0 Å². The minimum atomic E-state index is -3.70. The lowest BCUT2D eigenvalue weighted by Crippen LogP contribution is -2.36. The van der Waals surface area contributed by atoms with Gasteiger partial charge in [0.25, 0.3) is 5.91 Å². The fraction of sp³-hybridized carbons (Fsp3) is 0.562. The summed E-state index contributed by atoms with van der Waals surface area (Å²) in [5.74, 6) is 0.122. The third kappa shape index (κ3) is 5.21. The van der Waals surface area contributed by atoms with Crippen molar-refractivity contribution in [2.45, 2.75) is 51.6 Å². The van der Waals surface area contributed by atoms with Crippen molar-refractivity contribution in [3.8, 4) is 5.75 Å². The number of sulfonamides is 1. The monoisotopic (exact) mass is 342 g/mol. The molecule has 1 aromatic carbocycles. The first-order chi connectivity index (χ1) is 10.6. The average molecular weight is 342 g/mol. The zero-order valence-corrected chi connectivity index (χ0v) is 15.3. The topological polar surface area (TPSA) is 84.5 Å². The van der Waals surface area contributed by atoms with Gasteiger partial charge < -0.3 is 10.1 Å². The van der Waals surface area contributed by atoms with E-state index in [4.69, 9.17) is 4.74 Å². The highest BCUT2D eigenvalue weighted by atomic mass is 32.2. The molecule has 23 heavy (non-hydrogen) atoms. The third-order valence-corrected chi connectivity index (χ3v) is 5.04. The number of rotatable bonds is 7.